The molecule has 0 aromatic carbocycles. The fraction of sp³-hybridized carbons (Fsp3) is 0.750. The monoisotopic (exact) mass is 185 g/mol. The molecule has 0 aliphatic carbocycles. The molecule has 0 saturated heterocycles. The average molecular weight is 185 g/mol. The van der Waals surface area contributed by atoms with Crippen molar-refractivity contribution >= 4 is 0 Å². The van der Waals surface area contributed by atoms with E-state index in [2.05, 4.69) is 10.1 Å². The van der Waals surface area contributed by atoms with Crippen LogP contribution in [0.25, 0.3) is 0 Å². The lowest BCUT2D eigenvalue weighted by atomic mass is 10.3. The molecule has 0 saturated carbocycles. The predicted octanol–water partition coefficient (Wildman–Crippen LogP) is 0.191. The van der Waals surface area contributed by atoms with Crippen LogP contribution < -0.4 is 0 Å². The molecule has 0 amide bonds. The van der Waals surface area contributed by atoms with E-state index >= 15 is 0 Å². The Morgan fingerprint density at radius 1 is 1.62 bits per heavy atom. The van der Waals surface area contributed by atoms with E-state index in [9.17, 15) is 0 Å². The maximum Gasteiger partial charge on any atom is 0.223 e. The van der Waals surface area contributed by atoms with Crippen LogP contribution in [0.1, 0.15) is 18.6 Å². The number of hydrogen-bond acceptors (Lipinski definition) is 5. The molecule has 1 heterocycles. The van der Waals surface area contributed by atoms with Crippen LogP contribution >= 0.6 is 0 Å². The van der Waals surface area contributed by atoms with Crippen LogP contribution in [0.2, 0.25) is 0 Å². The Kier molecular flexibility index (Phi) is 3.39. The molecule has 0 spiro atoms. The van der Waals surface area contributed by atoms with Crippen LogP contribution in [0.5, 0.6) is 0 Å². The predicted molar refractivity (Wildman–Crippen MR) is 47.0 cm³/mol. The van der Waals surface area contributed by atoms with Crippen molar-refractivity contribution in [1.29, 1.82) is 0 Å². The van der Waals surface area contributed by atoms with Gasteiger partial charge in [-0.3, -0.25) is 4.90 Å². The lowest BCUT2D eigenvalue weighted by molar-refractivity contribution is 0.150. The quantitative estimate of drug-likeness (QED) is 0.725. The second-order valence-corrected chi connectivity index (χ2v) is 3.18. The molecule has 74 valence electrons. The fourth-order valence-corrected chi connectivity index (χ4v) is 0.924. The minimum absolute atomic E-state index is 0.110. The molecule has 13 heavy (non-hydrogen) atoms. The number of aliphatic hydroxyl groups excluding tert-OH is 1. The molecule has 0 radical (unpaired) electrons. The highest BCUT2D eigenvalue weighted by Crippen LogP contribution is 2.02. The molecule has 0 aliphatic rings. The molecule has 5 heteroatoms. The third-order valence-corrected chi connectivity index (χ3v) is 1.98. The fourth-order valence-electron chi connectivity index (χ4n) is 0.924. The molecule has 0 fully saturated rings. The van der Waals surface area contributed by atoms with E-state index in [0.29, 0.717) is 18.3 Å². The zero-order valence-electron chi connectivity index (χ0n) is 8.19. The molecule has 1 rings (SSSR count). The standard InChI is InChI=1S/C8H15N3O2/c1-6(5-12)11(3)4-8-9-7(2)13-10-8/h6,12H,4-5H2,1-3H3. The summed E-state index contributed by atoms with van der Waals surface area (Å²) >= 11 is 0. The number of hydrogen-bond donors (Lipinski definition) is 1. The summed E-state index contributed by atoms with van der Waals surface area (Å²) in [6.07, 6.45) is 0. The van der Waals surface area contributed by atoms with E-state index in [1.54, 1.807) is 6.92 Å². The lowest BCUT2D eigenvalue weighted by Crippen LogP contribution is -2.31. The first-order valence-corrected chi connectivity index (χ1v) is 4.23. The maximum atomic E-state index is 8.88. The van der Waals surface area contributed by atoms with E-state index in [1.165, 1.54) is 0 Å². The highest BCUT2D eigenvalue weighted by molar-refractivity contribution is 4.84. The Bertz CT molecular complexity index is 262. The third kappa shape index (κ3) is 2.78. The highest BCUT2D eigenvalue weighted by atomic mass is 16.5. The summed E-state index contributed by atoms with van der Waals surface area (Å²) < 4.78 is 4.83. The Morgan fingerprint density at radius 2 is 2.31 bits per heavy atom. The minimum Gasteiger partial charge on any atom is -0.395 e. The lowest BCUT2D eigenvalue weighted by Gasteiger charge is -2.20. The van der Waals surface area contributed by atoms with Gasteiger partial charge in [-0.05, 0) is 14.0 Å². The van der Waals surface area contributed by atoms with Gasteiger partial charge in [0, 0.05) is 13.0 Å². The Labute approximate surface area is 77.4 Å². The van der Waals surface area contributed by atoms with Crippen LogP contribution in [-0.4, -0.2) is 39.8 Å². The molecule has 1 atom stereocenters. The van der Waals surface area contributed by atoms with Crippen molar-refractivity contribution in [2.75, 3.05) is 13.7 Å². The van der Waals surface area contributed by atoms with Crippen molar-refractivity contribution in [3.8, 4) is 0 Å². The molecular weight excluding hydrogens is 170 g/mol. The van der Waals surface area contributed by atoms with Crippen molar-refractivity contribution in [2.45, 2.75) is 26.4 Å². The van der Waals surface area contributed by atoms with Crippen molar-refractivity contribution < 1.29 is 9.63 Å². The number of rotatable bonds is 4. The highest BCUT2D eigenvalue weighted by Gasteiger charge is 2.11. The Balaban J connectivity index is 2.49. The van der Waals surface area contributed by atoms with Gasteiger partial charge >= 0.3 is 0 Å². The average Bonchev–Trinajstić information content (AvgIpc) is 2.49. The van der Waals surface area contributed by atoms with Gasteiger partial charge in [0.1, 0.15) is 0 Å². The van der Waals surface area contributed by atoms with Gasteiger partial charge in [0.05, 0.1) is 13.2 Å². The van der Waals surface area contributed by atoms with E-state index < -0.39 is 0 Å². The number of nitrogens with zero attached hydrogens (tertiary/aromatic N) is 3. The Hall–Kier alpha value is -0.940. The van der Waals surface area contributed by atoms with Crippen LogP contribution in [0.15, 0.2) is 4.52 Å². The molecule has 1 N–H and O–H groups in total. The molecule has 5 nitrogen and oxygen atoms in total. The summed E-state index contributed by atoms with van der Waals surface area (Å²) in [5, 5.41) is 12.6. The van der Waals surface area contributed by atoms with Gasteiger partial charge in [0.15, 0.2) is 5.82 Å². The van der Waals surface area contributed by atoms with Crippen LogP contribution in [-0.2, 0) is 6.54 Å². The van der Waals surface area contributed by atoms with Crippen LogP contribution in [0.4, 0.5) is 0 Å². The maximum absolute atomic E-state index is 8.88. The Morgan fingerprint density at radius 3 is 2.77 bits per heavy atom. The summed E-state index contributed by atoms with van der Waals surface area (Å²) in [5.74, 6) is 1.22. The number of aromatic nitrogens is 2. The smallest absolute Gasteiger partial charge is 0.223 e. The zero-order valence-corrected chi connectivity index (χ0v) is 8.19. The number of aryl methyl sites for hydroxylation is 1. The van der Waals surface area contributed by atoms with Gasteiger partial charge in [-0.2, -0.15) is 4.98 Å². The molecule has 1 unspecified atom stereocenters. The largest absolute Gasteiger partial charge is 0.395 e. The first-order valence-electron chi connectivity index (χ1n) is 4.23. The summed E-state index contributed by atoms with van der Waals surface area (Å²) in [6, 6.07) is 0.110. The summed E-state index contributed by atoms with van der Waals surface area (Å²) in [4.78, 5) is 6.03. The molecule has 1 aromatic heterocycles. The summed E-state index contributed by atoms with van der Waals surface area (Å²) in [6.45, 7) is 4.42. The van der Waals surface area contributed by atoms with Crippen LogP contribution in [0.3, 0.4) is 0 Å². The summed E-state index contributed by atoms with van der Waals surface area (Å²) in [5.41, 5.74) is 0. The SMILES string of the molecule is Cc1nc(CN(C)C(C)CO)no1. The van der Waals surface area contributed by atoms with E-state index in [4.69, 9.17) is 9.63 Å². The second-order valence-electron chi connectivity index (χ2n) is 3.18. The van der Waals surface area contributed by atoms with Gasteiger partial charge in [-0.25, -0.2) is 0 Å². The second kappa shape index (κ2) is 4.34. The topological polar surface area (TPSA) is 62.4 Å². The third-order valence-electron chi connectivity index (χ3n) is 1.98. The minimum atomic E-state index is 0.110. The van der Waals surface area contributed by atoms with Gasteiger partial charge in [-0.15, -0.1) is 0 Å². The molecular formula is C8H15N3O2. The van der Waals surface area contributed by atoms with Crippen molar-refractivity contribution in [2.24, 2.45) is 0 Å². The van der Waals surface area contributed by atoms with E-state index in [1.807, 2.05) is 18.9 Å². The van der Waals surface area contributed by atoms with Crippen molar-refractivity contribution in [3.05, 3.63) is 11.7 Å². The number of likely N-dealkylation sites (N-methyl/N-ethyl adjacent to an activating group) is 1. The van der Waals surface area contributed by atoms with Gasteiger partial charge in [-0.1, -0.05) is 5.16 Å². The molecule has 1 aromatic rings. The molecule has 0 aliphatic heterocycles. The van der Waals surface area contributed by atoms with E-state index in [0.717, 1.165) is 0 Å². The van der Waals surface area contributed by atoms with Gasteiger partial charge in [0.25, 0.3) is 0 Å². The van der Waals surface area contributed by atoms with Crippen molar-refractivity contribution in [1.82, 2.24) is 15.0 Å². The van der Waals surface area contributed by atoms with Crippen LogP contribution in [0, 0.1) is 6.92 Å². The molecule has 0 bridgehead atoms. The zero-order chi connectivity index (χ0) is 9.84. The summed E-state index contributed by atoms with van der Waals surface area (Å²) in [7, 11) is 1.91. The number of aliphatic hydroxyl groups is 1. The van der Waals surface area contributed by atoms with E-state index in [-0.39, 0.29) is 12.6 Å². The first-order chi connectivity index (χ1) is 6.13. The van der Waals surface area contributed by atoms with Crippen molar-refractivity contribution in [3.63, 3.8) is 0 Å². The first kappa shape index (κ1) is 10.1. The van der Waals surface area contributed by atoms with Gasteiger partial charge in [0.2, 0.25) is 5.89 Å². The van der Waals surface area contributed by atoms with Gasteiger partial charge < -0.3 is 9.63 Å². The normalized spacial score (nSPS) is 13.6.